The van der Waals surface area contributed by atoms with Crippen LogP contribution in [-0.2, 0) is 6.54 Å². The molecule has 22 heavy (non-hydrogen) atoms. The van der Waals surface area contributed by atoms with Gasteiger partial charge in [-0.2, -0.15) is 4.98 Å². The van der Waals surface area contributed by atoms with E-state index in [1.807, 2.05) is 30.3 Å². The second kappa shape index (κ2) is 6.67. The van der Waals surface area contributed by atoms with E-state index in [1.54, 1.807) is 30.5 Å². The quantitative estimate of drug-likeness (QED) is 0.747. The summed E-state index contributed by atoms with van der Waals surface area (Å²) in [6.07, 6.45) is 1.63. The topological polar surface area (TPSA) is 49.8 Å². The van der Waals surface area contributed by atoms with Crippen molar-refractivity contribution in [1.82, 2.24) is 9.97 Å². The molecule has 1 aromatic heterocycles. The lowest BCUT2D eigenvalue weighted by molar-refractivity contribution is 0.631. The van der Waals surface area contributed by atoms with Gasteiger partial charge in [0.15, 0.2) is 0 Å². The first-order chi connectivity index (χ1) is 10.8. The summed E-state index contributed by atoms with van der Waals surface area (Å²) in [4.78, 5) is 8.43. The van der Waals surface area contributed by atoms with Crippen LogP contribution in [0.4, 0.5) is 21.8 Å². The number of nitrogens with one attached hydrogen (secondary N) is 2. The number of para-hydroxylation sites is 1. The maximum absolute atomic E-state index is 13.6. The number of nitrogens with zero attached hydrogens (tertiary/aromatic N) is 2. The smallest absolute Gasteiger partial charge is 0.229 e. The first-order valence-electron chi connectivity index (χ1n) is 6.94. The molecule has 0 radical (unpaired) electrons. The van der Waals surface area contributed by atoms with Crippen LogP contribution in [0.15, 0.2) is 66.9 Å². The first-order valence-corrected chi connectivity index (χ1v) is 6.94. The van der Waals surface area contributed by atoms with E-state index < -0.39 is 0 Å². The van der Waals surface area contributed by atoms with E-state index in [2.05, 4.69) is 20.6 Å². The molecule has 0 unspecified atom stereocenters. The lowest BCUT2D eigenvalue weighted by atomic mass is 10.2. The van der Waals surface area contributed by atoms with Crippen molar-refractivity contribution in [2.75, 3.05) is 10.6 Å². The van der Waals surface area contributed by atoms with Crippen molar-refractivity contribution in [1.29, 1.82) is 0 Å². The largest absolute Gasteiger partial charge is 0.366 e. The molecule has 3 rings (SSSR count). The first kappa shape index (κ1) is 14.0. The van der Waals surface area contributed by atoms with Gasteiger partial charge in [-0.3, -0.25) is 0 Å². The predicted molar refractivity (Wildman–Crippen MR) is 85.5 cm³/mol. The molecule has 0 amide bonds. The minimum Gasteiger partial charge on any atom is -0.366 e. The van der Waals surface area contributed by atoms with Gasteiger partial charge < -0.3 is 10.6 Å². The van der Waals surface area contributed by atoms with Gasteiger partial charge in [0.25, 0.3) is 0 Å². The van der Waals surface area contributed by atoms with Gasteiger partial charge in [0, 0.05) is 12.7 Å². The Hall–Kier alpha value is -2.95. The van der Waals surface area contributed by atoms with Gasteiger partial charge in [0.1, 0.15) is 11.6 Å². The minimum atomic E-state index is -0.339. The molecule has 4 nitrogen and oxygen atoms in total. The zero-order chi connectivity index (χ0) is 15.2. The normalized spacial score (nSPS) is 10.2. The van der Waals surface area contributed by atoms with E-state index >= 15 is 0 Å². The molecule has 0 atom stereocenters. The summed E-state index contributed by atoms with van der Waals surface area (Å²) in [7, 11) is 0. The summed E-state index contributed by atoms with van der Waals surface area (Å²) in [6.45, 7) is 0.664. The highest BCUT2D eigenvalue weighted by Gasteiger charge is 2.04. The highest BCUT2D eigenvalue weighted by atomic mass is 19.1. The molecule has 0 aliphatic carbocycles. The number of anilines is 3. The zero-order valence-corrected chi connectivity index (χ0v) is 11.8. The van der Waals surface area contributed by atoms with Crippen LogP contribution < -0.4 is 10.6 Å². The molecule has 0 fully saturated rings. The van der Waals surface area contributed by atoms with Gasteiger partial charge >= 0.3 is 0 Å². The molecule has 110 valence electrons. The number of rotatable bonds is 5. The average molecular weight is 294 g/mol. The van der Waals surface area contributed by atoms with E-state index in [0.717, 1.165) is 5.56 Å². The fourth-order valence-corrected chi connectivity index (χ4v) is 1.99. The van der Waals surface area contributed by atoms with Crippen LogP contribution in [0.5, 0.6) is 0 Å². The Kier molecular flexibility index (Phi) is 4.25. The Balaban J connectivity index is 1.69. The molecule has 0 aliphatic heterocycles. The highest BCUT2D eigenvalue weighted by Crippen LogP contribution is 2.17. The lowest BCUT2D eigenvalue weighted by Crippen LogP contribution is -2.04. The maximum Gasteiger partial charge on any atom is 0.229 e. The van der Waals surface area contributed by atoms with Crippen molar-refractivity contribution in [3.8, 4) is 0 Å². The Bertz CT molecular complexity index is 746. The van der Waals surface area contributed by atoms with Crippen LogP contribution in [0.3, 0.4) is 0 Å². The molecule has 0 aliphatic rings. The van der Waals surface area contributed by atoms with E-state index in [-0.39, 0.29) is 5.82 Å². The maximum atomic E-state index is 13.6. The molecular formula is C17H15FN4. The zero-order valence-electron chi connectivity index (χ0n) is 11.8. The Morgan fingerprint density at radius 1 is 0.909 bits per heavy atom. The van der Waals surface area contributed by atoms with Gasteiger partial charge in [-0.05, 0) is 23.8 Å². The third kappa shape index (κ3) is 3.58. The van der Waals surface area contributed by atoms with Crippen molar-refractivity contribution < 1.29 is 4.39 Å². The number of aromatic nitrogens is 2. The van der Waals surface area contributed by atoms with Crippen molar-refractivity contribution in [2.24, 2.45) is 0 Å². The van der Waals surface area contributed by atoms with Gasteiger partial charge in [-0.25, -0.2) is 9.37 Å². The minimum absolute atomic E-state index is 0.339. The monoisotopic (exact) mass is 294 g/mol. The standard InChI is InChI=1S/C17H15FN4/c18-14-8-4-5-9-15(14)21-17-19-11-10-16(22-17)20-12-13-6-2-1-3-7-13/h1-11H,12H2,(H2,19,20,21,22). The van der Waals surface area contributed by atoms with Crippen LogP contribution >= 0.6 is 0 Å². The number of hydrogen-bond acceptors (Lipinski definition) is 4. The Morgan fingerprint density at radius 3 is 2.50 bits per heavy atom. The molecular weight excluding hydrogens is 279 g/mol. The van der Waals surface area contributed by atoms with Crippen molar-refractivity contribution in [2.45, 2.75) is 6.54 Å². The summed E-state index contributed by atoms with van der Waals surface area (Å²) in [5.74, 6) is 0.689. The van der Waals surface area contributed by atoms with Crippen molar-refractivity contribution in [3.05, 3.63) is 78.2 Å². The number of benzene rings is 2. The van der Waals surface area contributed by atoms with Crippen LogP contribution in [0.25, 0.3) is 0 Å². The molecule has 3 aromatic rings. The SMILES string of the molecule is Fc1ccccc1Nc1nccc(NCc2ccccc2)n1. The summed E-state index contributed by atoms with van der Waals surface area (Å²) in [5, 5.41) is 6.09. The van der Waals surface area contributed by atoms with Crippen LogP contribution in [-0.4, -0.2) is 9.97 Å². The summed E-state index contributed by atoms with van der Waals surface area (Å²) in [5.41, 5.74) is 1.51. The van der Waals surface area contributed by atoms with Gasteiger partial charge in [0.2, 0.25) is 5.95 Å². The van der Waals surface area contributed by atoms with E-state index in [9.17, 15) is 4.39 Å². The summed E-state index contributed by atoms with van der Waals surface area (Å²) in [6, 6.07) is 18.2. The van der Waals surface area contributed by atoms with E-state index in [1.165, 1.54) is 6.07 Å². The van der Waals surface area contributed by atoms with Gasteiger partial charge in [-0.15, -0.1) is 0 Å². The molecule has 0 bridgehead atoms. The molecule has 0 saturated carbocycles. The van der Waals surface area contributed by atoms with Gasteiger partial charge in [-0.1, -0.05) is 42.5 Å². The Labute approximate surface area is 128 Å². The van der Waals surface area contributed by atoms with Crippen LogP contribution in [0, 0.1) is 5.82 Å². The Morgan fingerprint density at radius 2 is 1.68 bits per heavy atom. The third-order valence-corrected chi connectivity index (χ3v) is 3.09. The number of halogens is 1. The second-order valence-corrected chi connectivity index (χ2v) is 4.71. The second-order valence-electron chi connectivity index (χ2n) is 4.71. The van der Waals surface area contributed by atoms with Crippen LogP contribution in [0.2, 0.25) is 0 Å². The average Bonchev–Trinajstić information content (AvgIpc) is 2.57. The molecule has 5 heteroatoms. The van der Waals surface area contributed by atoms with Crippen molar-refractivity contribution in [3.63, 3.8) is 0 Å². The lowest BCUT2D eigenvalue weighted by Gasteiger charge is -2.09. The van der Waals surface area contributed by atoms with E-state index in [0.29, 0.717) is 24.0 Å². The molecule has 2 aromatic carbocycles. The molecule has 0 saturated heterocycles. The van der Waals surface area contributed by atoms with Crippen molar-refractivity contribution >= 4 is 17.5 Å². The summed E-state index contributed by atoms with van der Waals surface area (Å²) >= 11 is 0. The molecule has 0 spiro atoms. The fraction of sp³-hybridized carbons (Fsp3) is 0.0588. The highest BCUT2D eigenvalue weighted by molar-refractivity contribution is 5.55. The molecule has 1 heterocycles. The number of hydrogen-bond donors (Lipinski definition) is 2. The third-order valence-electron chi connectivity index (χ3n) is 3.09. The molecule has 2 N–H and O–H groups in total. The van der Waals surface area contributed by atoms with Gasteiger partial charge in [0.05, 0.1) is 5.69 Å². The fourth-order valence-electron chi connectivity index (χ4n) is 1.99. The van der Waals surface area contributed by atoms with E-state index in [4.69, 9.17) is 0 Å². The summed E-state index contributed by atoms with van der Waals surface area (Å²) < 4.78 is 13.6. The predicted octanol–water partition coefficient (Wildman–Crippen LogP) is 3.97. The van der Waals surface area contributed by atoms with Crippen LogP contribution in [0.1, 0.15) is 5.56 Å².